The minimum absolute atomic E-state index is 0.0209. The molecule has 0 aliphatic carbocycles. The van der Waals surface area contributed by atoms with Crippen molar-refractivity contribution in [1.29, 1.82) is 0 Å². The molecular formula is C17H20BrNO. The Morgan fingerprint density at radius 3 is 2.55 bits per heavy atom. The first-order valence-corrected chi connectivity index (χ1v) is 7.62. The molecule has 1 atom stereocenters. The number of aryl methyl sites for hydroxylation is 1. The van der Waals surface area contributed by atoms with E-state index in [9.17, 15) is 0 Å². The normalized spacial score (nSPS) is 12.2. The molecule has 0 saturated carbocycles. The van der Waals surface area contributed by atoms with Crippen molar-refractivity contribution in [2.24, 2.45) is 5.73 Å². The Labute approximate surface area is 129 Å². The standard InChI is InChI=1S/C17H20BrNO/c1-12-10-16(18)11-15(8-9-19)17(12)20-13(2)14-6-4-3-5-7-14/h3-7,10-11,13H,8-9,19H2,1-2H3. The first-order chi connectivity index (χ1) is 9.61. The molecule has 2 aromatic carbocycles. The van der Waals surface area contributed by atoms with E-state index >= 15 is 0 Å². The molecule has 0 radical (unpaired) electrons. The van der Waals surface area contributed by atoms with E-state index in [-0.39, 0.29) is 6.10 Å². The zero-order valence-corrected chi connectivity index (χ0v) is 13.5. The summed E-state index contributed by atoms with van der Waals surface area (Å²) in [5, 5.41) is 0. The van der Waals surface area contributed by atoms with Gasteiger partial charge in [0.05, 0.1) is 0 Å². The Hall–Kier alpha value is -1.32. The molecule has 0 aromatic heterocycles. The average Bonchev–Trinajstić information content (AvgIpc) is 2.43. The molecule has 2 aromatic rings. The number of benzene rings is 2. The predicted molar refractivity (Wildman–Crippen MR) is 87.1 cm³/mol. The van der Waals surface area contributed by atoms with Gasteiger partial charge in [0.25, 0.3) is 0 Å². The summed E-state index contributed by atoms with van der Waals surface area (Å²) >= 11 is 3.53. The fourth-order valence-corrected chi connectivity index (χ4v) is 2.90. The van der Waals surface area contributed by atoms with Crippen molar-refractivity contribution in [3.05, 3.63) is 63.6 Å². The molecule has 3 heteroatoms. The Bertz CT molecular complexity index is 569. The van der Waals surface area contributed by atoms with Gasteiger partial charge >= 0.3 is 0 Å². The van der Waals surface area contributed by atoms with Crippen molar-refractivity contribution in [2.75, 3.05) is 6.54 Å². The Balaban J connectivity index is 2.28. The lowest BCUT2D eigenvalue weighted by atomic mass is 10.1. The fourth-order valence-electron chi connectivity index (χ4n) is 2.28. The van der Waals surface area contributed by atoms with Crippen molar-refractivity contribution in [3.8, 4) is 5.75 Å². The highest BCUT2D eigenvalue weighted by Gasteiger charge is 2.13. The Kier molecular flexibility index (Phi) is 5.21. The van der Waals surface area contributed by atoms with Gasteiger partial charge in [-0.1, -0.05) is 46.3 Å². The lowest BCUT2D eigenvalue weighted by molar-refractivity contribution is 0.223. The van der Waals surface area contributed by atoms with Gasteiger partial charge in [-0.15, -0.1) is 0 Å². The lowest BCUT2D eigenvalue weighted by Gasteiger charge is -2.20. The van der Waals surface area contributed by atoms with Crippen LogP contribution >= 0.6 is 15.9 Å². The second-order valence-corrected chi connectivity index (χ2v) is 5.84. The molecule has 0 spiro atoms. The number of nitrogens with two attached hydrogens (primary N) is 1. The highest BCUT2D eigenvalue weighted by Crippen LogP contribution is 2.32. The molecule has 0 aliphatic rings. The maximum absolute atomic E-state index is 6.19. The van der Waals surface area contributed by atoms with Crippen molar-refractivity contribution >= 4 is 15.9 Å². The molecule has 0 amide bonds. The smallest absolute Gasteiger partial charge is 0.126 e. The van der Waals surface area contributed by atoms with Crippen molar-refractivity contribution in [2.45, 2.75) is 26.4 Å². The van der Waals surface area contributed by atoms with Gasteiger partial charge in [-0.2, -0.15) is 0 Å². The lowest BCUT2D eigenvalue weighted by Crippen LogP contribution is -2.09. The largest absolute Gasteiger partial charge is 0.485 e. The molecule has 2 rings (SSSR count). The molecule has 106 valence electrons. The van der Waals surface area contributed by atoms with Gasteiger partial charge in [0.2, 0.25) is 0 Å². The molecule has 0 saturated heterocycles. The van der Waals surface area contributed by atoms with Crippen LogP contribution in [-0.2, 0) is 6.42 Å². The average molecular weight is 334 g/mol. The quantitative estimate of drug-likeness (QED) is 0.880. The molecule has 0 heterocycles. The van der Waals surface area contributed by atoms with Crippen LogP contribution in [0.2, 0.25) is 0 Å². The van der Waals surface area contributed by atoms with E-state index in [4.69, 9.17) is 10.5 Å². The summed E-state index contributed by atoms with van der Waals surface area (Å²) in [5.74, 6) is 0.954. The Morgan fingerprint density at radius 1 is 1.20 bits per heavy atom. The highest BCUT2D eigenvalue weighted by atomic mass is 79.9. The predicted octanol–water partition coefficient (Wildman–Crippen LogP) is 4.40. The van der Waals surface area contributed by atoms with Crippen LogP contribution in [0.1, 0.15) is 29.7 Å². The number of rotatable bonds is 5. The van der Waals surface area contributed by atoms with Gasteiger partial charge < -0.3 is 10.5 Å². The summed E-state index contributed by atoms with van der Waals surface area (Å²) in [5.41, 5.74) is 9.16. The van der Waals surface area contributed by atoms with Crippen LogP contribution in [-0.4, -0.2) is 6.54 Å². The van der Waals surface area contributed by atoms with Gasteiger partial charge in [-0.05, 0) is 55.6 Å². The maximum Gasteiger partial charge on any atom is 0.126 e. The molecule has 2 N–H and O–H groups in total. The van der Waals surface area contributed by atoms with E-state index in [0.717, 1.165) is 27.8 Å². The minimum Gasteiger partial charge on any atom is -0.485 e. The number of halogens is 1. The number of hydrogen-bond acceptors (Lipinski definition) is 2. The highest BCUT2D eigenvalue weighted by molar-refractivity contribution is 9.10. The van der Waals surface area contributed by atoms with Crippen molar-refractivity contribution in [1.82, 2.24) is 0 Å². The summed E-state index contributed by atoms with van der Waals surface area (Å²) < 4.78 is 7.26. The van der Waals surface area contributed by atoms with Gasteiger partial charge in [-0.3, -0.25) is 0 Å². The third kappa shape index (κ3) is 3.62. The minimum atomic E-state index is 0.0209. The van der Waals surface area contributed by atoms with Crippen molar-refractivity contribution in [3.63, 3.8) is 0 Å². The van der Waals surface area contributed by atoms with Gasteiger partial charge in [0, 0.05) is 4.47 Å². The van der Waals surface area contributed by atoms with Gasteiger partial charge in [0.1, 0.15) is 11.9 Å². The first-order valence-electron chi connectivity index (χ1n) is 6.82. The summed E-state index contributed by atoms with van der Waals surface area (Å²) in [6.07, 6.45) is 0.838. The third-order valence-electron chi connectivity index (χ3n) is 3.29. The SMILES string of the molecule is Cc1cc(Br)cc(CCN)c1OC(C)c1ccccc1. The topological polar surface area (TPSA) is 35.2 Å². The fraction of sp³-hybridized carbons (Fsp3) is 0.294. The van der Waals surface area contributed by atoms with Crippen LogP contribution in [0, 0.1) is 6.92 Å². The van der Waals surface area contributed by atoms with Crippen LogP contribution < -0.4 is 10.5 Å². The Morgan fingerprint density at radius 2 is 1.90 bits per heavy atom. The third-order valence-corrected chi connectivity index (χ3v) is 3.75. The molecular weight excluding hydrogens is 314 g/mol. The van der Waals surface area contributed by atoms with E-state index in [1.54, 1.807) is 0 Å². The molecule has 0 fully saturated rings. The number of ether oxygens (including phenoxy) is 1. The van der Waals surface area contributed by atoms with Gasteiger partial charge in [-0.25, -0.2) is 0 Å². The van der Waals surface area contributed by atoms with Crippen molar-refractivity contribution < 1.29 is 4.74 Å². The summed E-state index contributed by atoms with van der Waals surface area (Å²) in [6, 6.07) is 14.4. The van der Waals surface area contributed by atoms with E-state index in [1.807, 2.05) is 18.2 Å². The van der Waals surface area contributed by atoms with E-state index in [2.05, 4.69) is 54.0 Å². The van der Waals surface area contributed by atoms with E-state index < -0.39 is 0 Å². The first kappa shape index (κ1) is 15.1. The summed E-state index contributed by atoms with van der Waals surface area (Å²) in [6.45, 7) is 4.76. The second-order valence-electron chi connectivity index (χ2n) is 4.92. The molecule has 0 aliphatic heterocycles. The molecule has 20 heavy (non-hydrogen) atoms. The monoisotopic (exact) mass is 333 g/mol. The zero-order chi connectivity index (χ0) is 14.5. The van der Waals surface area contributed by atoms with Crippen LogP contribution in [0.3, 0.4) is 0 Å². The van der Waals surface area contributed by atoms with Crippen LogP contribution in [0.5, 0.6) is 5.75 Å². The summed E-state index contributed by atoms with van der Waals surface area (Å²) in [7, 11) is 0. The second kappa shape index (κ2) is 6.91. The molecule has 0 bridgehead atoms. The zero-order valence-electron chi connectivity index (χ0n) is 11.9. The van der Waals surface area contributed by atoms with Gasteiger partial charge in [0.15, 0.2) is 0 Å². The van der Waals surface area contributed by atoms with Crippen LogP contribution in [0.25, 0.3) is 0 Å². The molecule has 2 nitrogen and oxygen atoms in total. The maximum atomic E-state index is 6.19. The van der Waals surface area contributed by atoms with E-state index in [0.29, 0.717) is 6.54 Å². The van der Waals surface area contributed by atoms with Crippen LogP contribution in [0.4, 0.5) is 0 Å². The van der Waals surface area contributed by atoms with E-state index in [1.165, 1.54) is 5.56 Å². The summed E-state index contributed by atoms with van der Waals surface area (Å²) in [4.78, 5) is 0. The number of hydrogen-bond donors (Lipinski definition) is 1. The molecule has 1 unspecified atom stereocenters. The van der Waals surface area contributed by atoms with Crippen LogP contribution in [0.15, 0.2) is 46.9 Å².